The minimum Gasteiger partial charge on any atom is -0.310 e. The van der Waals surface area contributed by atoms with Gasteiger partial charge in [-0.15, -0.1) is 0 Å². The van der Waals surface area contributed by atoms with Gasteiger partial charge in [-0.3, -0.25) is 0 Å². The molecule has 0 spiro atoms. The number of benzene rings is 1. The highest BCUT2D eigenvalue weighted by molar-refractivity contribution is 5.61. The molecule has 0 radical (unpaired) electrons. The van der Waals surface area contributed by atoms with E-state index in [0.29, 0.717) is 6.04 Å². The molecule has 1 aliphatic rings. The van der Waals surface area contributed by atoms with E-state index in [1.165, 1.54) is 24.0 Å². The minimum absolute atomic E-state index is 0.564. The number of hydrogen-bond acceptors (Lipinski definition) is 1. The minimum atomic E-state index is 0.564. The molecule has 1 heterocycles. The number of allylic oxidation sites excluding steroid dienone is 1. The zero-order valence-corrected chi connectivity index (χ0v) is 8.72. The van der Waals surface area contributed by atoms with Gasteiger partial charge in [0.1, 0.15) is 0 Å². The lowest BCUT2D eigenvalue weighted by atomic mass is 10.0. The Balaban J connectivity index is 2.25. The molecule has 0 saturated carbocycles. The second-order valence-electron chi connectivity index (χ2n) is 4.05. The predicted octanol–water partition coefficient (Wildman–Crippen LogP) is 3.14. The molecule has 1 unspecified atom stereocenters. The van der Waals surface area contributed by atoms with Gasteiger partial charge in [-0.2, -0.15) is 0 Å². The standard InChI is InChI=1S/C13H17N/c1-10(2)11-5-3-6-12(9-11)13-7-4-8-14-13/h3,5-6,9,13-14H,1,4,7-8H2,2H3. The fourth-order valence-corrected chi connectivity index (χ4v) is 1.99. The Labute approximate surface area is 85.8 Å². The molecule has 0 aromatic heterocycles. The van der Waals surface area contributed by atoms with Crippen LogP contribution in [0.15, 0.2) is 30.8 Å². The maximum Gasteiger partial charge on any atom is 0.0320 e. The zero-order chi connectivity index (χ0) is 9.97. The number of nitrogens with one attached hydrogen (secondary N) is 1. The molecule has 1 heteroatoms. The van der Waals surface area contributed by atoms with Gasteiger partial charge >= 0.3 is 0 Å². The van der Waals surface area contributed by atoms with E-state index in [1.807, 2.05) is 0 Å². The first-order chi connectivity index (χ1) is 6.77. The van der Waals surface area contributed by atoms with Crippen LogP contribution in [0.2, 0.25) is 0 Å². The Morgan fingerprint density at radius 2 is 2.36 bits per heavy atom. The molecule has 1 aromatic rings. The highest BCUT2D eigenvalue weighted by Crippen LogP contribution is 2.25. The van der Waals surface area contributed by atoms with Crippen LogP contribution in [0.25, 0.3) is 5.57 Å². The molecule has 0 amide bonds. The van der Waals surface area contributed by atoms with E-state index in [0.717, 1.165) is 12.1 Å². The highest BCUT2D eigenvalue weighted by atomic mass is 14.9. The average Bonchev–Trinajstić information content (AvgIpc) is 2.71. The third-order valence-electron chi connectivity index (χ3n) is 2.84. The van der Waals surface area contributed by atoms with E-state index in [4.69, 9.17) is 0 Å². The normalized spacial score (nSPS) is 21.1. The van der Waals surface area contributed by atoms with Gasteiger partial charge in [0.2, 0.25) is 0 Å². The van der Waals surface area contributed by atoms with Gasteiger partial charge in [-0.25, -0.2) is 0 Å². The van der Waals surface area contributed by atoms with Crippen molar-refractivity contribution in [2.24, 2.45) is 0 Å². The van der Waals surface area contributed by atoms with Crippen molar-refractivity contribution < 1.29 is 0 Å². The van der Waals surface area contributed by atoms with Gasteiger partial charge in [0.15, 0.2) is 0 Å². The second-order valence-corrected chi connectivity index (χ2v) is 4.05. The Kier molecular flexibility index (Phi) is 2.69. The van der Waals surface area contributed by atoms with Crippen LogP contribution in [0.5, 0.6) is 0 Å². The Bertz CT molecular complexity index is 335. The summed E-state index contributed by atoms with van der Waals surface area (Å²) in [7, 11) is 0. The molecule has 1 nitrogen and oxygen atoms in total. The number of rotatable bonds is 2. The topological polar surface area (TPSA) is 12.0 Å². The lowest BCUT2D eigenvalue weighted by Gasteiger charge is -2.11. The summed E-state index contributed by atoms with van der Waals surface area (Å²) < 4.78 is 0. The summed E-state index contributed by atoms with van der Waals surface area (Å²) in [6.07, 6.45) is 2.56. The molecular weight excluding hydrogens is 170 g/mol. The predicted molar refractivity (Wildman–Crippen MR) is 61.1 cm³/mol. The molecular formula is C13H17N. The maximum absolute atomic E-state index is 3.97. The van der Waals surface area contributed by atoms with Crippen LogP contribution in [0.4, 0.5) is 0 Å². The van der Waals surface area contributed by atoms with Gasteiger partial charge in [0.25, 0.3) is 0 Å². The van der Waals surface area contributed by atoms with Gasteiger partial charge in [-0.1, -0.05) is 30.4 Å². The summed E-state index contributed by atoms with van der Waals surface area (Å²) in [5.41, 5.74) is 3.81. The molecule has 0 bridgehead atoms. The molecule has 1 N–H and O–H groups in total. The van der Waals surface area contributed by atoms with Crippen molar-refractivity contribution in [3.05, 3.63) is 42.0 Å². The van der Waals surface area contributed by atoms with Crippen LogP contribution >= 0.6 is 0 Å². The fourth-order valence-electron chi connectivity index (χ4n) is 1.99. The van der Waals surface area contributed by atoms with Crippen molar-refractivity contribution in [3.63, 3.8) is 0 Å². The van der Waals surface area contributed by atoms with Crippen molar-refractivity contribution in [2.75, 3.05) is 6.54 Å². The average molecular weight is 187 g/mol. The third-order valence-corrected chi connectivity index (χ3v) is 2.84. The smallest absolute Gasteiger partial charge is 0.0320 e. The van der Waals surface area contributed by atoms with E-state index in [-0.39, 0.29) is 0 Å². The molecule has 74 valence electrons. The van der Waals surface area contributed by atoms with Crippen molar-refractivity contribution in [1.82, 2.24) is 5.32 Å². The summed E-state index contributed by atoms with van der Waals surface area (Å²) in [6, 6.07) is 9.27. The SMILES string of the molecule is C=C(C)c1cccc(C2CCCN2)c1. The third kappa shape index (κ3) is 1.88. The Morgan fingerprint density at radius 3 is 3.00 bits per heavy atom. The fraction of sp³-hybridized carbons (Fsp3) is 0.385. The summed E-state index contributed by atoms with van der Waals surface area (Å²) in [5.74, 6) is 0. The zero-order valence-electron chi connectivity index (χ0n) is 8.72. The van der Waals surface area contributed by atoms with E-state index in [2.05, 4.69) is 43.1 Å². The van der Waals surface area contributed by atoms with Gasteiger partial charge in [0.05, 0.1) is 0 Å². The lowest BCUT2D eigenvalue weighted by Crippen LogP contribution is -2.12. The molecule has 1 aliphatic heterocycles. The first kappa shape index (κ1) is 9.47. The van der Waals surface area contributed by atoms with Crippen molar-refractivity contribution in [2.45, 2.75) is 25.8 Å². The molecule has 1 fully saturated rings. The largest absolute Gasteiger partial charge is 0.310 e. The Morgan fingerprint density at radius 1 is 1.50 bits per heavy atom. The van der Waals surface area contributed by atoms with Gasteiger partial charge < -0.3 is 5.32 Å². The van der Waals surface area contributed by atoms with E-state index < -0.39 is 0 Å². The maximum atomic E-state index is 3.97. The summed E-state index contributed by atoms with van der Waals surface area (Å²) in [4.78, 5) is 0. The highest BCUT2D eigenvalue weighted by Gasteiger charge is 2.15. The summed E-state index contributed by atoms with van der Waals surface area (Å²) >= 11 is 0. The van der Waals surface area contributed by atoms with E-state index >= 15 is 0 Å². The van der Waals surface area contributed by atoms with Crippen LogP contribution in [0, 0.1) is 0 Å². The molecule has 0 aliphatic carbocycles. The summed E-state index contributed by atoms with van der Waals surface area (Å²) in [6.45, 7) is 7.18. The van der Waals surface area contributed by atoms with E-state index in [9.17, 15) is 0 Å². The lowest BCUT2D eigenvalue weighted by molar-refractivity contribution is 0.647. The van der Waals surface area contributed by atoms with Crippen molar-refractivity contribution in [3.8, 4) is 0 Å². The van der Waals surface area contributed by atoms with Gasteiger partial charge in [0, 0.05) is 6.04 Å². The van der Waals surface area contributed by atoms with Crippen LogP contribution < -0.4 is 5.32 Å². The van der Waals surface area contributed by atoms with Crippen molar-refractivity contribution >= 4 is 5.57 Å². The van der Waals surface area contributed by atoms with E-state index in [1.54, 1.807) is 0 Å². The van der Waals surface area contributed by atoms with Crippen LogP contribution in [0.3, 0.4) is 0 Å². The monoisotopic (exact) mass is 187 g/mol. The second kappa shape index (κ2) is 3.97. The molecule has 1 saturated heterocycles. The quantitative estimate of drug-likeness (QED) is 0.750. The first-order valence-electron chi connectivity index (χ1n) is 5.26. The Hall–Kier alpha value is -1.08. The molecule has 14 heavy (non-hydrogen) atoms. The van der Waals surface area contributed by atoms with Gasteiger partial charge in [-0.05, 0) is 43.5 Å². The molecule has 1 atom stereocenters. The molecule has 2 rings (SSSR count). The van der Waals surface area contributed by atoms with Crippen LogP contribution in [0.1, 0.15) is 36.9 Å². The first-order valence-corrected chi connectivity index (χ1v) is 5.26. The van der Waals surface area contributed by atoms with Crippen LogP contribution in [-0.4, -0.2) is 6.54 Å². The van der Waals surface area contributed by atoms with Crippen LogP contribution in [-0.2, 0) is 0 Å². The summed E-state index contributed by atoms with van der Waals surface area (Å²) in [5, 5.41) is 3.51. The number of hydrogen-bond donors (Lipinski definition) is 1. The molecule has 1 aromatic carbocycles. The van der Waals surface area contributed by atoms with Crippen molar-refractivity contribution in [1.29, 1.82) is 0 Å².